The van der Waals surface area contributed by atoms with Gasteiger partial charge >= 0.3 is 0 Å². The minimum Gasteiger partial charge on any atom is -0.313 e. The van der Waals surface area contributed by atoms with Gasteiger partial charge in [0.1, 0.15) is 0 Å². The average Bonchev–Trinajstić information content (AvgIpc) is 2.26. The lowest BCUT2D eigenvalue weighted by Crippen LogP contribution is -2.25. The molecule has 0 amide bonds. The first-order chi connectivity index (χ1) is 7.63. The van der Waals surface area contributed by atoms with Crippen molar-refractivity contribution in [1.29, 1.82) is 0 Å². The first kappa shape index (κ1) is 13.2. The Morgan fingerprint density at radius 2 is 1.94 bits per heavy atom. The van der Waals surface area contributed by atoms with E-state index in [0.717, 1.165) is 19.6 Å². The van der Waals surface area contributed by atoms with Crippen molar-refractivity contribution in [2.75, 3.05) is 13.6 Å². The summed E-state index contributed by atoms with van der Waals surface area (Å²) in [5.41, 5.74) is 2.77. The van der Waals surface area contributed by atoms with Crippen LogP contribution in [0.15, 0.2) is 24.3 Å². The Labute approximate surface area is 99.7 Å². The van der Waals surface area contributed by atoms with E-state index in [4.69, 9.17) is 0 Å². The van der Waals surface area contributed by atoms with Gasteiger partial charge in [0, 0.05) is 19.1 Å². The molecule has 0 aliphatic rings. The lowest BCUT2D eigenvalue weighted by atomic mass is 10.1. The van der Waals surface area contributed by atoms with Crippen LogP contribution in [-0.4, -0.2) is 24.5 Å². The summed E-state index contributed by atoms with van der Waals surface area (Å²) in [4.78, 5) is 2.35. The van der Waals surface area contributed by atoms with Crippen molar-refractivity contribution in [1.82, 2.24) is 10.2 Å². The highest BCUT2D eigenvalue weighted by Crippen LogP contribution is 2.09. The third-order valence-corrected chi connectivity index (χ3v) is 2.88. The zero-order valence-corrected chi connectivity index (χ0v) is 11.0. The van der Waals surface area contributed by atoms with Gasteiger partial charge in [-0.25, -0.2) is 0 Å². The Kier molecular flexibility index (Phi) is 5.50. The first-order valence-corrected chi connectivity index (χ1v) is 6.12. The van der Waals surface area contributed by atoms with Gasteiger partial charge < -0.3 is 5.32 Å². The molecule has 2 nitrogen and oxygen atoms in total. The second-order valence-electron chi connectivity index (χ2n) is 4.61. The molecule has 90 valence electrons. The van der Waals surface area contributed by atoms with Crippen LogP contribution in [0.25, 0.3) is 0 Å². The first-order valence-electron chi connectivity index (χ1n) is 6.12. The molecule has 1 rings (SSSR count). The summed E-state index contributed by atoms with van der Waals surface area (Å²) in [5.74, 6) is 0. The molecule has 0 aromatic heterocycles. The van der Waals surface area contributed by atoms with Crippen LogP contribution in [0.4, 0.5) is 0 Å². The molecule has 16 heavy (non-hydrogen) atoms. The van der Waals surface area contributed by atoms with Gasteiger partial charge in [-0.1, -0.05) is 31.2 Å². The zero-order chi connectivity index (χ0) is 12.0. The molecule has 0 atom stereocenters. The average molecular weight is 220 g/mol. The summed E-state index contributed by atoms with van der Waals surface area (Å²) in [6, 6.07) is 9.42. The fourth-order valence-electron chi connectivity index (χ4n) is 1.58. The van der Waals surface area contributed by atoms with E-state index in [1.165, 1.54) is 11.1 Å². The Balaban J connectivity index is 2.59. The maximum Gasteiger partial charge on any atom is 0.0233 e. The molecule has 0 aliphatic heterocycles. The molecular formula is C14H24N2. The summed E-state index contributed by atoms with van der Waals surface area (Å²) < 4.78 is 0. The Morgan fingerprint density at radius 3 is 2.56 bits per heavy atom. The van der Waals surface area contributed by atoms with Crippen molar-refractivity contribution in [2.45, 2.75) is 39.9 Å². The molecule has 0 saturated carbocycles. The van der Waals surface area contributed by atoms with Gasteiger partial charge in [0.25, 0.3) is 0 Å². The predicted molar refractivity (Wildman–Crippen MR) is 70.4 cm³/mol. The molecule has 0 bridgehead atoms. The van der Waals surface area contributed by atoms with Crippen molar-refractivity contribution in [3.05, 3.63) is 35.4 Å². The summed E-state index contributed by atoms with van der Waals surface area (Å²) in [7, 11) is 2.17. The number of nitrogens with one attached hydrogen (secondary N) is 1. The predicted octanol–water partition coefficient (Wildman–Crippen LogP) is 2.64. The van der Waals surface area contributed by atoms with Crippen LogP contribution in [-0.2, 0) is 13.1 Å². The van der Waals surface area contributed by atoms with Crippen LogP contribution >= 0.6 is 0 Å². The molecule has 1 N–H and O–H groups in total. The van der Waals surface area contributed by atoms with Gasteiger partial charge in [0.15, 0.2) is 0 Å². The molecule has 2 heteroatoms. The lowest BCUT2D eigenvalue weighted by Gasteiger charge is -2.21. The Bertz CT molecular complexity index is 307. The number of benzene rings is 1. The summed E-state index contributed by atoms with van der Waals surface area (Å²) in [6.45, 7) is 9.60. The van der Waals surface area contributed by atoms with Gasteiger partial charge in [-0.15, -0.1) is 0 Å². The van der Waals surface area contributed by atoms with E-state index in [0.29, 0.717) is 6.04 Å². The van der Waals surface area contributed by atoms with Crippen LogP contribution in [0.5, 0.6) is 0 Å². The normalized spacial score (nSPS) is 11.4. The zero-order valence-electron chi connectivity index (χ0n) is 11.0. The van der Waals surface area contributed by atoms with E-state index >= 15 is 0 Å². The monoisotopic (exact) mass is 220 g/mol. The summed E-state index contributed by atoms with van der Waals surface area (Å²) >= 11 is 0. The third kappa shape index (κ3) is 4.33. The van der Waals surface area contributed by atoms with Gasteiger partial charge in [-0.3, -0.25) is 4.90 Å². The molecule has 0 saturated heterocycles. The molecule has 0 spiro atoms. The third-order valence-electron chi connectivity index (χ3n) is 2.88. The van der Waals surface area contributed by atoms with Gasteiger partial charge in [-0.05, 0) is 38.6 Å². The quantitative estimate of drug-likeness (QED) is 0.793. The van der Waals surface area contributed by atoms with Crippen LogP contribution in [0.3, 0.4) is 0 Å². The maximum atomic E-state index is 3.35. The Hall–Kier alpha value is -0.860. The summed E-state index contributed by atoms with van der Waals surface area (Å²) in [6.07, 6.45) is 0. The highest BCUT2D eigenvalue weighted by Gasteiger charge is 2.04. The Morgan fingerprint density at radius 1 is 1.25 bits per heavy atom. The van der Waals surface area contributed by atoms with Gasteiger partial charge in [-0.2, -0.15) is 0 Å². The van der Waals surface area contributed by atoms with E-state index in [-0.39, 0.29) is 0 Å². The van der Waals surface area contributed by atoms with Crippen LogP contribution < -0.4 is 5.32 Å². The van der Waals surface area contributed by atoms with Crippen molar-refractivity contribution in [3.63, 3.8) is 0 Å². The van der Waals surface area contributed by atoms with Crippen molar-refractivity contribution in [2.24, 2.45) is 0 Å². The number of hydrogen-bond donors (Lipinski definition) is 1. The number of rotatable bonds is 6. The molecule has 0 radical (unpaired) electrons. The number of nitrogens with zero attached hydrogens (tertiary/aromatic N) is 1. The van der Waals surface area contributed by atoms with Gasteiger partial charge in [0.2, 0.25) is 0 Å². The topological polar surface area (TPSA) is 15.3 Å². The highest BCUT2D eigenvalue weighted by atomic mass is 15.1. The second kappa shape index (κ2) is 6.66. The molecular weight excluding hydrogens is 196 g/mol. The van der Waals surface area contributed by atoms with Crippen LogP contribution in [0.2, 0.25) is 0 Å². The van der Waals surface area contributed by atoms with Crippen molar-refractivity contribution >= 4 is 0 Å². The fraction of sp³-hybridized carbons (Fsp3) is 0.571. The highest BCUT2D eigenvalue weighted by molar-refractivity contribution is 5.23. The SMILES string of the molecule is CCNCc1cccc(CN(C)C(C)C)c1. The summed E-state index contributed by atoms with van der Waals surface area (Å²) in [5, 5.41) is 3.35. The van der Waals surface area contributed by atoms with Crippen LogP contribution in [0.1, 0.15) is 31.9 Å². The van der Waals surface area contributed by atoms with Gasteiger partial charge in [0.05, 0.1) is 0 Å². The minimum absolute atomic E-state index is 0.595. The number of hydrogen-bond acceptors (Lipinski definition) is 2. The molecule has 0 fully saturated rings. The van der Waals surface area contributed by atoms with E-state index in [1.807, 2.05) is 0 Å². The van der Waals surface area contributed by atoms with Crippen LogP contribution in [0, 0.1) is 0 Å². The maximum absolute atomic E-state index is 3.35. The van der Waals surface area contributed by atoms with E-state index in [1.54, 1.807) is 0 Å². The minimum atomic E-state index is 0.595. The molecule has 0 heterocycles. The standard InChI is InChI=1S/C14H24N2/c1-5-15-10-13-7-6-8-14(9-13)11-16(4)12(2)3/h6-9,12,15H,5,10-11H2,1-4H3. The smallest absolute Gasteiger partial charge is 0.0233 e. The van der Waals surface area contributed by atoms with E-state index in [9.17, 15) is 0 Å². The van der Waals surface area contributed by atoms with E-state index in [2.05, 4.69) is 62.3 Å². The van der Waals surface area contributed by atoms with Crippen molar-refractivity contribution < 1.29 is 0 Å². The molecule has 0 aliphatic carbocycles. The second-order valence-corrected chi connectivity index (χ2v) is 4.61. The fourth-order valence-corrected chi connectivity index (χ4v) is 1.58. The molecule has 1 aromatic rings. The molecule has 0 unspecified atom stereocenters. The molecule has 1 aromatic carbocycles. The van der Waals surface area contributed by atoms with E-state index < -0.39 is 0 Å². The largest absolute Gasteiger partial charge is 0.313 e. The van der Waals surface area contributed by atoms with Crippen molar-refractivity contribution in [3.8, 4) is 0 Å². The lowest BCUT2D eigenvalue weighted by molar-refractivity contribution is 0.266.